The van der Waals surface area contributed by atoms with E-state index in [2.05, 4.69) is 4.99 Å². The van der Waals surface area contributed by atoms with E-state index in [1.807, 2.05) is 6.07 Å². The van der Waals surface area contributed by atoms with Crippen LogP contribution in [0.4, 0.5) is 0 Å². The minimum Gasteiger partial charge on any atom is -0.507 e. The first-order valence-electron chi connectivity index (χ1n) is 5.87. The molecular formula is C13H18N2O3. The highest BCUT2D eigenvalue weighted by Crippen LogP contribution is 2.12. The zero-order chi connectivity index (χ0) is 13.4. The summed E-state index contributed by atoms with van der Waals surface area (Å²) in [5.41, 5.74) is 6.05. The van der Waals surface area contributed by atoms with Crippen molar-refractivity contribution in [2.75, 3.05) is 6.54 Å². The standard InChI is InChI=1S/C13H18N2O3/c14-11(13(17)18)6-3-4-8-15-9-10-5-1-2-7-12(10)16/h1-2,5,7,9,11,16H,3-4,6,8,14H2,(H,17,18)/t11-/m1/s1. The number of phenolic OH excluding ortho intramolecular Hbond substituents is 1. The van der Waals surface area contributed by atoms with Gasteiger partial charge < -0.3 is 15.9 Å². The molecule has 0 aliphatic carbocycles. The molecule has 4 N–H and O–H groups in total. The molecule has 0 aromatic heterocycles. The Morgan fingerprint density at radius 1 is 1.39 bits per heavy atom. The second-order valence-electron chi connectivity index (χ2n) is 4.03. The topological polar surface area (TPSA) is 95.9 Å². The van der Waals surface area contributed by atoms with Crippen LogP contribution in [0, 0.1) is 0 Å². The van der Waals surface area contributed by atoms with E-state index in [4.69, 9.17) is 10.8 Å². The lowest BCUT2D eigenvalue weighted by atomic mass is 10.1. The maximum Gasteiger partial charge on any atom is 0.320 e. The van der Waals surface area contributed by atoms with Crippen molar-refractivity contribution in [3.63, 3.8) is 0 Å². The van der Waals surface area contributed by atoms with E-state index in [0.717, 1.165) is 12.8 Å². The molecule has 5 heteroatoms. The Balaban J connectivity index is 2.22. The third-order valence-corrected chi connectivity index (χ3v) is 2.54. The van der Waals surface area contributed by atoms with Crippen LogP contribution in [0.5, 0.6) is 5.75 Å². The number of phenols is 1. The fourth-order valence-electron chi connectivity index (χ4n) is 1.45. The number of aromatic hydroxyl groups is 1. The molecule has 0 aliphatic rings. The van der Waals surface area contributed by atoms with Crippen molar-refractivity contribution in [2.24, 2.45) is 10.7 Å². The summed E-state index contributed by atoms with van der Waals surface area (Å²) >= 11 is 0. The van der Waals surface area contributed by atoms with Crippen LogP contribution >= 0.6 is 0 Å². The average molecular weight is 250 g/mol. The predicted molar refractivity (Wildman–Crippen MR) is 70.0 cm³/mol. The zero-order valence-electron chi connectivity index (χ0n) is 10.1. The third kappa shape index (κ3) is 4.97. The molecule has 1 atom stereocenters. The quantitative estimate of drug-likeness (QED) is 0.503. The summed E-state index contributed by atoms with van der Waals surface area (Å²) in [5, 5.41) is 18.1. The monoisotopic (exact) mass is 250 g/mol. The summed E-state index contributed by atoms with van der Waals surface area (Å²) in [5.74, 6) is -0.762. The first-order chi connectivity index (χ1) is 8.61. The van der Waals surface area contributed by atoms with Gasteiger partial charge in [-0.2, -0.15) is 0 Å². The molecule has 1 aromatic carbocycles. The molecule has 0 fully saturated rings. The second-order valence-corrected chi connectivity index (χ2v) is 4.03. The smallest absolute Gasteiger partial charge is 0.320 e. The van der Waals surface area contributed by atoms with Crippen LogP contribution < -0.4 is 5.73 Å². The molecule has 0 radical (unpaired) electrons. The summed E-state index contributed by atoms with van der Waals surface area (Å²) in [6.45, 7) is 0.598. The van der Waals surface area contributed by atoms with Crippen molar-refractivity contribution < 1.29 is 15.0 Å². The molecule has 0 saturated carbocycles. The van der Waals surface area contributed by atoms with Crippen LogP contribution in [0.3, 0.4) is 0 Å². The number of aliphatic imine (C=N–C) groups is 1. The van der Waals surface area contributed by atoms with Crippen molar-refractivity contribution in [1.29, 1.82) is 0 Å². The Labute approximate surface area is 106 Å². The SMILES string of the molecule is N[C@H](CCCCN=Cc1ccccc1O)C(=O)O. The van der Waals surface area contributed by atoms with E-state index in [-0.39, 0.29) is 5.75 Å². The van der Waals surface area contributed by atoms with Crippen molar-refractivity contribution >= 4 is 12.2 Å². The number of nitrogens with zero attached hydrogens (tertiary/aromatic N) is 1. The van der Waals surface area contributed by atoms with E-state index in [9.17, 15) is 9.90 Å². The van der Waals surface area contributed by atoms with Crippen molar-refractivity contribution in [3.8, 4) is 5.75 Å². The Kier molecular flexibility index (Phi) is 5.87. The molecule has 18 heavy (non-hydrogen) atoms. The maximum absolute atomic E-state index is 10.5. The molecule has 5 nitrogen and oxygen atoms in total. The van der Waals surface area contributed by atoms with Crippen LogP contribution in [-0.4, -0.2) is 35.0 Å². The average Bonchev–Trinajstić information content (AvgIpc) is 2.35. The number of para-hydroxylation sites is 1. The van der Waals surface area contributed by atoms with E-state index in [0.29, 0.717) is 18.5 Å². The van der Waals surface area contributed by atoms with E-state index in [1.165, 1.54) is 0 Å². The zero-order valence-corrected chi connectivity index (χ0v) is 10.1. The molecule has 0 aliphatic heterocycles. The van der Waals surface area contributed by atoms with Gasteiger partial charge in [0.05, 0.1) is 0 Å². The number of nitrogens with two attached hydrogens (primary N) is 1. The summed E-state index contributed by atoms with van der Waals surface area (Å²) in [7, 11) is 0. The van der Waals surface area contributed by atoms with E-state index < -0.39 is 12.0 Å². The molecular weight excluding hydrogens is 232 g/mol. The predicted octanol–water partition coefficient (Wildman–Crippen LogP) is 1.39. The highest BCUT2D eigenvalue weighted by molar-refractivity contribution is 5.83. The summed E-state index contributed by atoms with van der Waals surface area (Å²) < 4.78 is 0. The van der Waals surface area contributed by atoms with Crippen LogP contribution in [0.2, 0.25) is 0 Å². The fourth-order valence-corrected chi connectivity index (χ4v) is 1.45. The van der Waals surface area contributed by atoms with Crippen LogP contribution in [0.1, 0.15) is 24.8 Å². The number of hydrogen-bond acceptors (Lipinski definition) is 4. The molecule has 0 unspecified atom stereocenters. The summed E-state index contributed by atoms with van der Waals surface area (Å²) in [6, 6.07) is 6.17. The fraction of sp³-hybridized carbons (Fsp3) is 0.385. The van der Waals surface area contributed by atoms with Gasteiger partial charge in [-0.25, -0.2) is 0 Å². The molecule has 1 rings (SSSR count). The van der Waals surface area contributed by atoms with Crippen LogP contribution in [0.15, 0.2) is 29.3 Å². The van der Waals surface area contributed by atoms with Crippen molar-refractivity contribution in [1.82, 2.24) is 0 Å². The largest absolute Gasteiger partial charge is 0.507 e. The summed E-state index contributed by atoms with van der Waals surface area (Å²) in [6.07, 6.45) is 3.59. The molecule has 1 aromatic rings. The van der Waals surface area contributed by atoms with Gasteiger partial charge in [-0.3, -0.25) is 9.79 Å². The maximum atomic E-state index is 10.5. The number of rotatable bonds is 7. The highest BCUT2D eigenvalue weighted by atomic mass is 16.4. The number of aliphatic carboxylic acids is 1. The number of carboxylic acids is 1. The van der Waals surface area contributed by atoms with E-state index >= 15 is 0 Å². The van der Waals surface area contributed by atoms with Crippen LogP contribution in [-0.2, 0) is 4.79 Å². The van der Waals surface area contributed by atoms with Gasteiger partial charge in [0.25, 0.3) is 0 Å². The third-order valence-electron chi connectivity index (χ3n) is 2.54. The first kappa shape index (κ1) is 14.2. The Morgan fingerprint density at radius 3 is 2.78 bits per heavy atom. The van der Waals surface area contributed by atoms with Gasteiger partial charge in [0.15, 0.2) is 0 Å². The molecule has 98 valence electrons. The Bertz CT molecular complexity index is 418. The minimum absolute atomic E-state index is 0.203. The van der Waals surface area contributed by atoms with Crippen molar-refractivity contribution in [2.45, 2.75) is 25.3 Å². The number of benzene rings is 1. The van der Waals surface area contributed by atoms with Gasteiger partial charge in [-0.1, -0.05) is 12.1 Å². The second kappa shape index (κ2) is 7.45. The summed E-state index contributed by atoms with van der Waals surface area (Å²) in [4.78, 5) is 14.6. The minimum atomic E-state index is -0.965. The lowest BCUT2D eigenvalue weighted by Gasteiger charge is -2.04. The van der Waals surface area contributed by atoms with Crippen LogP contribution in [0.25, 0.3) is 0 Å². The van der Waals surface area contributed by atoms with Gasteiger partial charge in [0.2, 0.25) is 0 Å². The molecule has 0 bridgehead atoms. The Hall–Kier alpha value is -1.88. The van der Waals surface area contributed by atoms with Gasteiger partial charge in [0.1, 0.15) is 11.8 Å². The van der Waals surface area contributed by atoms with Gasteiger partial charge in [-0.05, 0) is 31.4 Å². The van der Waals surface area contributed by atoms with Gasteiger partial charge >= 0.3 is 5.97 Å². The van der Waals surface area contributed by atoms with Gasteiger partial charge in [0, 0.05) is 18.3 Å². The lowest BCUT2D eigenvalue weighted by molar-refractivity contribution is -0.138. The first-order valence-corrected chi connectivity index (χ1v) is 5.87. The van der Waals surface area contributed by atoms with Crippen molar-refractivity contribution in [3.05, 3.63) is 29.8 Å². The molecule has 0 heterocycles. The molecule has 0 saturated heterocycles. The number of unbranched alkanes of at least 4 members (excludes halogenated alkanes) is 1. The molecule has 0 amide bonds. The normalized spacial score (nSPS) is 12.7. The number of carbonyl (C=O) groups is 1. The molecule has 0 spiro atoms. The lowest BCUT2D eigenvalue weighted by Crippen LogP contribution is -2.29. The number of hydrogen-bond donors (Lipinski definition) is 3. The highest BCUT2D eigenvalue weighted by Gasteiger charge is 2.09. The Morgan fingerprint density at radius 2 is 2.11 bits per heavy atom. The van der Waals surface area contributed by atoms with Gasteiger partial charge in [-0.15, -0.1) is 0 Å². The number of carboxylic acid groups (broad SMARTS) is 1. The van der Waals surface area contributed by atoms with E-state index in [1.54, 1.807) is 24.4 Å².